The minimum absolute atomic E-state index is 0.112. The number of aromatic nitrogens is 4. The molecule has 10 heteroatoms. The summed E-state index contributed by atoms with van der Waals surface area (Å²) in [6.07, 6.45) is 8.60. The van der Waals surface area contributed by atoms with E-state index < -0.39 is 0 Å². The first kappa shape index (κ1) is 24.3. The molecule has 0 aliphatic carbocycles. The van der Waals surface area contributed by atoms with E-state index in [4.69, 9.17) is 14.5 Å². The van der Waals surface area contributed by atoms with Crippen LogP contribution in [0.25, 0.3) is 22.2 Å². The van der Waals surface area contributed by atoms with Crippen LogP contribution in [0.1, 0.15) is 38.4 Å². The molecule has 3 aromatic rings. The van der Waals surface area contributed by atoms with Gasteiger partial charge in [-0.2, -0.15) is 0 Å². The number of anilines is 1. The molecule has 1 saturated heterocycles. The molecule has 2 atom stereocenters. The highest BCUT2D eigenvalue weighted by Crippen LogP contribution is 2.36. The molecule has 4 bridgehead atoms. The fraction of sp³-hybridized carbons (Fsp3) is 0.500. The standard InChI is InChI=1S/C26H33N7O3/c1-3-10-35-16-23-29-13-17(14-30-23)19-5-6-20-24-25(19)36-11-4-9-33(2)26(34)21-12-18(7-8-27-21)31-22(32-24)15-28-20/h5-6,13-15,18,21,27H,3-4,7-12,16H2,1-2H3,(H,31,32)/t18-,21-/m0/s1. The van der Waals surface area contributed by atoms with Crippen molar-refractivity contribution in [1.29, 1.82) is 0 Å². The molecule has 0 unspecified atom stereocenters. The van der Waals surface area contributed by atoms with Gasteiger partial charge in [0.2, 0.25) is 5.91 Å². The third kappa shape index (κ3) is 5.39. The number of likely N-dealkylation sites (N-methyl/N-ethyl adjacent to an activating group) is 1. The van der Waals surface area contributed by atoms with Gasteiger partial charge in [0.05, 0.1) is 24.4 Å². The van der Waals surface area contributed by atoms with Crippen LogP contribution in [0.3, 0.4) is 0 Å². The smallest absolute Gasteiger partial charge is 0.239 e. The topological polar surface area (TPSA) is 114 Å². The van der Waals surface area contributed by atoms with E-state index in [0.717, 1.165) is 36.0 Å². The molecule has 1 fully saturated rings. The van der Waals surface area contributed by atoms with Crippen molar-refractivity contribution in [3.8, 4) is 16.9 Å². The van der Waals surface area contributed by atoms with Crippen molar-refractivity contribution >= 4 is 22.8 Å². The molecule has 2 aliphatic rings. The average molecular weight is 492 g/mol. The van der Waals surface area contributed by atoms with Gasteiger partial charge >= 0.3 is 0 Å². The van der Waals surface area contributed by atoms with Gasteiger partial charge in [0, 0.05) is 49.8 Å². The van der Waals surface area contributed by atoms with Gasteiger partial charge in [-0.3, -0.25) is 9.78 Å². The van der Waals surface area contributed by atoms with E-state index in [1.54, 1.807) is 23.5 Å². The quantitative estimate of drug-likeness (QED) is 0.520. The third-order valence-electron chi connectivity index (χ3n) is 6.58. The van der Waals surface area contributed by atoms with E-state index in [1.165, 1.54) is 0 Å². The average Bonchev–Trinajstić information content (AvgIpc) is 2.91. The van der Waals surface area contributed by atoms with Gasteiger partial charge < -0.3 is 25.0 Å². The summed E-state index contributed by atoms with van der Waals surface area (Å²) in [5.41, 5.74) is 3.14. The second kappa shape index (κ2) is 11.1. The normalized spacial score (nSPS) is 20.6. The van der Waals surface area contributed by atoms with Crippen molar-refractivity contribution in [2.45, 2.75) is 51.3 Å². The first-order valence-electron chi connectivity index (χ1n) is 12.7. The highest BCUT2D eigenvalue weighted by Gasteiger charge is 2.29. The van der Waals surface area contributed by atoms with Crippen LogP contribution in [0.2, 0.25) is 0 Å². The molecule has 36 heavy (non-hydrogen) atoms. The van der Waals surface area contributed by atoms with Gasteiger partial charge in [-0.05, 0) is 44.4 Å². The number of ether oxygens (including phenoxy) is 2. The van der Waals surface area contributed by atoms with Crippen LogP contribution in [-0.4, -0.2) is 76.2 Å². The Morgan fingerprint density at radius 3 is 2.89 bits per heavy atom. The second-order valence-electron chi connectivity index (χ2n) is 9.34. The molecule has 2 N–H and O–H groups in total. The fourth-order valence-electron chi connectivity index (χ4n) is 4.67. The molecule has 0 saturated carbocycles. The van der Waals surface area contributed by atoms with Crippen molar-refractivity contribution < 1.29 is 14.3 Å². The van der Waals surface area contributed by atoms with Crippen molar-refractivity contribution in [2.24, 2.45) is 0 Å². The number of nitrogens with zero attached hydrogens (tertiary/aromatic N) is 5. The van der Waals surface area contributed by atoms with E-state index in [1.807, 2.05) is 19.2 Å². The van der Waals surface area contributed by atoms with E-state index in [9.17, 15) is 4.79 Å². The van der Waals surface area contributed by atoms with Crippen molar-refractivity contribution in [2.75, 3.05) is 38.7 Å². The van der Waals surface area contributed by atoms with Crippen LogP contribution in [0.5, 0.6) is 5.75 Å². The zero-order valence-corrected chi connectivity index (χ0v) is 20.9. The number of carbonyl (C=O) groups is 1. The summed E-state index contributed by atoms with van der Waals surface area (Å²) in [5, 5.41) is 6.86. The lowest BCUT2D eigenvalue weighted by atomic mass is 9.98. The lowest BCUT2D eigenvalue weighted by molar-refractivity contribution is -0.132. The Morgan fingerprint density at radius 1 is 1.19 bits per heavy atom. The third-order valence-corrected chi connectivity index (χ3v) is 6.58. The maximum absolute atomic E-state index is 12.9. The van der Waals surface area contributed by atoms with Gasteiger partial charge in [0.25, 0.3) is 0 Å². The molecule has 0 radical (unpaired) electrons. The molecule has 2 aliphatic heterocycles. The molecule has 0 spiro atoms. The molecule has 5 rings (SSSR count). The Kier molecular flexibility index (Phi) is 7.52. The number of rotatable bonds is 5. The Balaban J connectivity index is 1.49. The lowest BCUT2D eigenvalue weighted by Gasteiger charge is -2.33. The predicted molar refractivity (Wildman–Crippen MR) is 137 cm³/mol. The van der Waals surface area contributed by atoms with Gasteiger partial charge in [0.15, 0.2) is 11.6 Å². The Hall–Kier alpha value is -3.37. The number of amides is 1. The maximum Gasteiger partial charge on any atom is 0.239 e. The predicted octanol–water partition coefficient (Wildman–Crippen LogP) is 2.79. The summed E-state index contributed by atoms with van der Waals surface area (Å²) in [4.78, 5) is 33.3. The Bertz CT molecular complexity index is 1200. The van der Waals surface area contributed by atoms with Crippen LogP contribution in [0.15, 0.2) is 30.7 Å². The Labute approximate surface area is 210 Å². The van der Waals surface area contributed by atoms with Gasteiger partial charge in [0.1, 0.15) is 17.9 Å². The lowest BCUT2D eigenvalue weighted by Crippen LogP contribution is -2.52. The molecule has 1 aromatic carbocycles. The maximum atomic E-state index is 12.9. The summed E-state index contributed by atoms with van der Waals surface area (Å²) < 4.78 is 11.9. The summed E-state index contributed by atoms with van der Waals surface area (Å²) in [5.74, 6) is 2.08. The van der Waals surface area contributed by atoms with Crippen LogP contribution >= 0.6 is 0 Å². The van der Waals surface area contributed by atoms with Gasteiger partial charge in [-0.15, -0.1) is 0 Å². The monoisotopic (exact) mass is 491 g/mol. The first-order valence-corrected chi connectivity index (χ1v) is 12.7. The van der Waals surface area contributed by atoms with Gasteiger partial charge in [-0.1, -0.05) is 6.92 Å². The van der Waals surface area contributed by atoms with Crippen molar-refractivity contribution in [1.82, 2.24) is 30.2 Å². The molecule has 190 valence electrons. The summed E-state index contributed by atoms with van der Waals surface area (Å²) >= 11 is 0. The van der Waals surface area contributed by atoms with E-state index in [0.29, 0.717) is 62.1 Å². The molecule has 10 nitrogen and oxygen atoms in total. The minimum Gasteiger partial charge on any atom is -0.491 e. The summed E-state index contributed by atoms with van der Waals surface area (Å²) in [6, 6.07) is 3.85. The molecule has 4 heterocycles. The number of piperidine rings is 1. The molecular weight excluding hydrogens is 458 g/mol. The molecular formula is C26H33N7O3. The number of nitrogens with one attached hydrogen (secondary N) is 2. The highest BCUT2D eigenvalue weighted by molar-refractivity contribution is 5.90. The van der Waals surface area contributed by atoms with Crippen LogP contribution in [0, 0.1) is 0 Å². The molecule has 2 aromatic heterocycles. The summed E-state index contributed by atoms with van der Waals surface area (Å²) in [6.45, 7) is 4.97. The SMILES string of the molecule is CCCOCc1ncc(-c2ccc3ncc4nc3c2OCCCN(C)C(=O)[C@@H]2C[C@H](CCN2)N4)cn1. The van der Waals surface area contributed by atoms with Crippen LogP contribution in [0.4, 0.5) is 5.82 Å². The zero-order valence-electron chi connectivity index (χ0n) is 20.9. The van der Waals surface area contributed by atoms with E-state index in [2.05, 4.69) is 32.5 Å². The molecule has 1 amide bonds. The number of hydrogen-bond donors (Lipinski definition) is 2. The van der Waals surface area contributed by atoms with Crippen molar-refractivity contribution in [3.63, 3.8) is 0 Å². The number of carbonyl (C=O) groups excluding carboxylic acids is 1. The van der Waals surface area contributed by atoms with Crippen LogP contribution < -0.4 is 15.4 Å². The number of hydrogen-bond acceptors (Lipinski definition) is 9. The van der Waals surface area contributed by atoms with E-state index >= 15 is 0 Å². The number of benzene rings is 1. The minimum atomic E-state index is -0.198. The Morgan fingerprint density at radius 2 is 2.06 bits per heavy atom. The first-order chi connectivity index (χ1) is 17.6. The van der Waals surface area contributed by atoms with Gasteiger partial charge in [-0.25, -0.2) is 15.0 Å². The second-order valence-corrected chi connectivity index (χ2v) is 9.34. The highest BCUT2D eigenvalue weighted by atomic mass is 16.5. The van der Waals surface area contributed by atoms with Crippen LogP contribution in [-0.2, 0) is 16.1 Å². The summed E-state index contributed by atoms with van der Waals surface area (Å²) in [7, 11) is 1.86. The largest absolute Gasteiger partial charge is 0.491 e. The zero-order chi connectivity index (χ0) is 24.9. The van der Waals surface area contributed by atoms with Crippen molar-refractivity contribution in [3.05, 3.63) is 36.5 Å². The van der Waals surface area contributed by atoms with E-state index in [-0.39, 0.29) is 18.0 Å². The fourth-order valence-corrected chi connectivity index (χ4v) is 4.67. The number of fused-ring (bicyclic) bond motifs is 3.